The van der Waals surface area contributed by atoms with Gasteiger partial charge >= 0.3 is 0 Å². The molecule has 1 aliphatic heterocycles. The van der Waals surface area contributed by atoms with E-state index in [4.69, 9.17) is 4.74 Å². The van der Waals surface area contributed by atoms with Crippen molar-refractivity contribution in [2.24, 2.45) is 5.92 Å². The highest BCUT2D eigenvalue weighted by atomic mass is 19.1. The molecule has 32 heavy (non-hydrogen) atoms. The number of aromatic nitrogens is 2. The number of ether oxygens (including phenoxy) is 1. The summed E-state index contributed by atoms with van der Waals surface area (Å²) >= 11 is 0. The monoisotopic (exact) mass is 435 g/mol. The van der Waals surface area contributed by atoms with E-state index in [0.29, 0.717) is 31.7 Å². The van der Waals surface area contributed by atoms with Crippen molar-refractivity contribution in [3.63, 3.8) is 0 Å². The number of benzene rings is 2. The number of hydrogen-bond acceptors (Lipinski definition) is 4. The van der Waals surface area contributed by atoms with Crippen LogP contribution < -0.4 is 10.3 Å². The number of carbonyl (C=O) groups is 1. The van der Waals surface area contributed by atoms with Gasteiger partial charge in [0.2, 0.25) is 5.91 Å². The van der Waals surface area contributed by atoms with E-state index < -0.39 is 0 Å². The predicted octanol–water partition coefficient (Wildman–Crippen LogP) is 3.54. The van der Waals surface area contributed by atoms with Crippen molar-refractivity contribution in [1.82, 2.24) is 14.7 Å². The molecule has 0 bridgehead atoms. The molecule has 0 N–H and O–H groups in total. The quantitative estimate of drug-likeness (QED) is 0.594. The first-order valence-electron chi connectivity index (χ1n) is 10.8. The Hall–Kier alpha value is -3.48. The van der Waals surface area contributed by atoms with Gasteiger partial charge in [-0.25, -0.2) is 9.07 Å². The number of hydrogen-bond donors (Lipinski definition) is 0. The van der Waals surface area contributed by atoms with Gasteiger partial charge in [0, 0.05) is 36.8 Å². The van der Waals surface area contributed by atoms with Crippen molar-refractivity contribution in [2.45, 2.75) is 25.8 Å². The maximum Gasteiger partial charge on any atom is 0.266 e. The molecule has 1 amide bonds. The van der Waals surface area contributed by atoms with E-state index in [0.717, 1.165) is 29.7 Å². The van der Waals surface area contributed by atoms with Crippen LogP contribution in [0.4, 0.5) is 4.39 Å². The molecule has 0 spiro atoms. The van der Waals surface area contributed by atoms with Crippen LogP contribution in [0.5, 0.6) is 5.75 Å². The van der Waals surface area contributed by atoms with E-state index in [1.807, 2.05) is 29.2 Å². The molecular formula is C25H26FN3O3. The SMILES string of the molecule is COc1ccccc1CC(=O)N1CCC(Cn2nc(-c3ccc(F)cc3)ccc2=O)CC1. The Balaban J connectivity index is 1.37. The topological polar surface area (TPSA) is 64.4 Å². The van der Waals surface area contributed by atoms with Gasteiger partial charge in [-0.1, -0.05) is 18.2 Å². The summed E-state index contributed by atoms with van der Waals surface area (Å²) in [5.74, 6) is 0.761. The third-order valence-corrected chi connectivity index (χ3v) is 5.94. The Bertz CT molecular complexity index is 1140. The molecule has 166 valence electrons. The van der Waals surface area contributed by atoms with Crippen LogP contribution in [0.2, 0.25) is 0 Å². The number of nitrogens with zero attached hydrogens (tertiary/aromatic N) is 3. The molecule has 1 fully saturated rings. The average Bonchev–Trinajstić information content (AvgIpc) is 2.82. The molecule has 0 aliphatic carbocycles. The zero-order chi connectivity index (χ0) is 22.5. The lowest BCUT2D eigenvalue weighted by atomic mass is 9.96. The van der Waals surface area contributed by atoms with Gasteiger partial charge in [0.1, 0.15) is 11.6 Å². The van der Waals surface area contributed by atoms with Gasteiger partial charge in [0.25, 0.3) is 5.56 Å². The Kier molecular flexibility index (Phi) is 6.63. The standard InChI is InChI=1S/C25H26FN3O3/c1-32-23-5-3-2-4-20(23)16-25(31)28-14-12-18(13-15-28)17-29-24(30)11-10-22(27-29)19-6-8-21(26)9-7-19/h2-11,18H,12-17H2,1H3. The van der Waals surface area contributed by atoms with Gasteiger partial charge in [0.15, 0.2) is 0 Å². The minimum absolute atomic E-state index is 0.0848. The van der Waals surface area contributed by atoms with Crippen LogP contribution >= 0.6 is 0 Å². The second-order valence-electron chi connectivity index (χ2n) is 8.06. The zero-order valence-electron chi connectivity index (χ0n) is 18.0. The molecular weight excluding hydrogens is 409 g/mol. The minimum Gasteiger partial charge on any atom is -0.496 e. The van der Waals surface area contributed by atoms with Crippen LogP contribution in [-0.4, -0.2) is 40.8 Å². The summed E-state index contributed by atoms with van der Waals surface area (Å²) in [6, 6.07) is 16.8. The Morgan fingerprint density at radius 3 is 2.50 bits per heavy atom. The summed E-state index contributed by atoms with van der Waals surface area (Å²) in [7, 11) is 1.61. The first-order chi connectivity index (χ1) is 15.5. The van der Waals surface area contributed by atoms with Gasteiger partial charge in [-0.15, -0.1) is 0 Å². The summed E-state index contributed by atoms with van der Waals surface area (Å²) in [6.07, 6.45) is 1.94. The summed E-state index contributed by atoms with van der Waals surface area (Å²) in [5.41, 5.74) is 2.12. The van der Waals surface area contributed by atoms with E-state index in [1.165, 1.54) is 22.9 Å². The highest BCUT2D eigenvalue weighted by Gasteiger charge is 2.24. The van der Waals surface area contributed by atoms with Crippen molar-refractivity contribution in [2.75, 3.05) is 20.2 Å². The van der Waals surface area contributed by atoms with Gasteiger partial charge in [0.05, 0.1) is 19.2 Å². The smallest absolute Gasteiger partial charge is 0.266 e. The van der Waals surface area contributed by atoms with Gasteiger partial charge < -0.3 is 9.64 Å². The number of rotatable bonds is 6. The molecule has 0 saturated carbocycles. The number of amides is 1. The molecule has 2 aromatic carbocycles. The lowest BCUT2D eigenvalue weighted by Crippen LogP contribution is -2.41. The number of carbonyl (C=O) groups excluding carboxylic acids is 1. The molecule has 3 aromatic rings. The highest BCUT2D eigenvalue weighted by molar-refractivity contribution is 5.79. The average molecular weight is 435 g/mol. The zero-order valence-corrected chi connectivity index (χ0v) is 18.0. The third kappa shape index (κ3) is 5.04. The Labute approximate surface area is 186 Å². The first kappa shape index (κ1) is 21.7. The molecule has 0 atom stereocenters. The maximum absolute atomic E-state index is 13.2. The van der Waals surface area contributed by atoms with Crippen molar-refractivity contribution in [3.8, 4) is 17.0 Å². The van der Waals surface area contributed by atoms with E-state index in [2.05, 4.69) is 5.10 Å². The molecule has 6 nitrogen and oxygen atoms in total. The largest absolute Gasteiger partial charge is 0.496 e. The van der Waals surface area contributed by atoms with E-state index in [-0.39, 0.29) is 23.2 Å². The van der Waals surface area contributed by atoms with Crippen LogP contribution in [0.1, 0.15) is 18.4 Å². The summed E-state index contributed by atoms with van der Waals surface area (Å²) < 4.78 is 20.0. The predicted molar refractivity (Wildman–Crippen MR) is 120 cm³/mol. The van der Waals surface area contributed by atoms with Crippen molar-refractivity contribution < 1.29 is 13.9 Å². The summed E-state index contributed by atoms with van der Waals surface area (Å²) in [6.45, 7) is 1.82. The summed E-state index contributed by atoms with van der Waals surface area (Å²) in [5, 5.41) is 4.48. The highest BCUT2D eigenvalue weighted by Crippen LogP contribution is 2.23. The van der Waals surface area contributed by atoms with Crippen LogP contribution in [-0.2, 0) is 17.8 Å². The van der Waals surface area contributed by atoms with Gasteiger partial charge in [-0.2, -0.15) is 5.10 Å². The van der Waals surface area contributed by atoms with Gasteiger partial charge in [-0.3, -0.25) is 9.59 Å². The molecule has 4 rings (SSSR count). The lowest BCUT2D eigenvalue weighted by molar-refractivity contribution is -0.131. The third-order valence-electron chi connectivity index (χ3n) is 5.94. The van der Waals surface area contributed by atoms with Crippen molar-refractivity contribution in [3.05, 3.63) is 82.4 Å². The number of halogens is 1. The maximum atomic E-state index is 13.2. The molecule has 2 heterocycles. The van der Waals surface area contributed by atoms with Crippen LogP contribution in [0.15, 0.2) is 65.5 Å². The Morgan fingerprint density at radius 2 is 1.78 bits per heavy atom. The normalized spacial score (nSPS) is 14.4. The van der Waals surface area contributed by atoms with Crippen LogP contribution in [0.25, 0.3) is 11.3 Å². The van der Waals surface area contributed by atoms with E-state index in [1.54, 1.807) is 25.3 Å². The van der Waals surface area contributed by atoms with Gasteiger partial charge in [-0.05, 0) is 55.2 Å². The Morgan fingerprint density at radius 1 is 1.06 bits per heavy atom. The van der Waals surface area contributed by atoms with E-state index >= 15 is 0 Å². The molecule has 0 unspecified atom stereocenters. The number of piperidine rings is 1. The van der Waals surface area contributed by atoms with Crippen molar-refractivity contribution >= 4 is 5.91 Å². The summed E-state index contributed by atoms with van der Waals surface area (Å²) in [4.78, 5) is 27.0. The fourth-order valence-electron chi connectivity index (χ4n) is 4.09. The lowest BCUT2D eigenvalue weighted by Gasteiger charge is -2.32. The molecule has 1 saturated heterocycles. The van der Waals surface area contributed by atoms with Crippen molar-refractivity contribution in [1.29, 1.82) is 0 Å². The second-order valence-corrected chi connectivity index (χ2v) is 8.06. The second kappa shape index (κ2) is 9.77. The van der Waals surface area contributed by atoms with E-state index in [9.17, 15) is 14.0 Å². The van der Waals surface area contributed by atoms with Crippen LogP contribution in [0.3, 0.4) is 0 Å². The van der Waals surface area contributed by atoms with Crippen LogP contribution in [0, 0.1) is 11.7 Å². The molecule has 7 heteroatoms. The molecule has 1 aliphatic rings. The molecule has 1 aromatic heterocycles. The minimum atomic E-state index is -0.311. The fourth-order valence-corrected chi connectivity index (χ4v) is 4.09. The number of para-hydroxylation sites is 1. The fraction of sp³-hybridized carbons (Fsp3) is 0.320. The number of methoxy groups -OCH3 is 1. The first-order valence-corrected chi connectivity index (χ1v) is 10.8. The molecule has 0 radical (unpaired) electrons. The number of likely N-dealkylation sites (tertiary alicyclic amines) is 1.